The summed E-state index contributed by atoms with van der Waals surface area (Å²) in [5, 5.41) is 1.17. The van der Waals surface area contributed by atoms with Crippen LogP contribution in [0.2, 0.25) is 0 Å². The van der Waals surface area contributed by atoms with Crippen LogP contribution in [-0.4, -0.2) is 29.8 Å². The zero-order chi connectivity index (χ0) is 13.6. The fraction of sp³-hybridized carbons (Fsp3) is 0.200. The second-order valence-corrected chi connectivity index (χ2v) is 4.87. The van der Waals surface area contributed by atoms with E-state index in [2.05, 4.69) is 24.0 Å². The van der Waals surface area contributed by atoms with Crippen molar-refractivity contribution in [3.63, 3.8) is 0 Å². The summed E-state index contributed by atoms with van der Waals surface area (Å²) < 4.78 is 2.03. The third-order valence-electron chi connectivity index (χ3n) is 3.36. The highest BCUT2D eigenvalue weighted by molar-refractivity contribution is 5.93. The Morgan fingerprint density at radius 1 is 1.21 bits per heavy atom. The Balaban J connectivity index is 2.59. The number of aromatic nitrogens is 2. The van der Waals surface area contributed by atoms with Gasteiger partial charge in [-0.2, -0.15) is 0 Å². The fourth-order valence-electron chi connectivity index (χ4n) is 2.48. The van der Waals surface area contributed by atoms with E-state index in [9.17, 15) is 4.79 Å². The van der Waals surface area contributed by atoms with Gasteiger partial charge in [-0.1, -0.05) is 18.2 Å². The number of aryl methyl sites for hydroxylation is 1. The molecule has 0 spiro atoms. The SMILES string of the molecule is Cc1cc2c(C=O)nc(N(C)C)n2c2ccccc12. The average molecular weight is 253 g/mol. The van der Waals surface area contributed by atoms with E-state index in [1.54, 1.807) is 0 Å². The number of pyridine rings is 1. The first-order valence-electron chi connectivity index (χ1n) is 6.17. The molecule has 0 unspecified atom stereocenters. The largest absolute Gasteiger partial charge is 0.348 e. The normalized spacial score (nSPS) is 11.1. The van der Waals surface area contributed by atoms with Gasteiger partial charge >= 0.3 is 0 Å². The van der Waals surface area contributed by atoms with Crippen LogP contribution in [0.4, 0.5) is 5.95 Å². The van der Waals surface area contributed by atoms with Gasteiger partial charge in [-0.25, -0.2) is 4.98 Å². The number of hydrogen-bond donors (Lipinski definition) is 0. The molecule has 96 valence electrons. The monoisotopic (exact) mass is 253 g/mol. The second kappa shape index (κ2) is 4.09. The molecule has 2 heterocycles. The van der Waals surface area contributed by atoms with Crippen LogP contribution < -0.4 is 4.90 Å². The molecule has 0 atom stereocenters. The van der Waals surface area contributed by atoms with Crippen LogP contribution in [0.1, 0.15) is 16.1 Å². The molecule has 19 heavy (non-hydrogen) atoms. The molecule has 0 aliphatic rings. The van der Waals surface area contributed by atoms with Crippen molar-refractivity contribution in [3.8, 4) is 0 Å². The van der Waals surface area contributed by atoms with Crippen molar-refractivity contribution in [1.29, 1.82) is 0 Å². The van der Waals surface area contributed by atoms with E-state index in [1.807, 2.05) is 41.6 Å². The third kappa shape index (κ3) is 1.60. The number of para-hydroxylation sites is 1. The lowest BCUT2D eigenvalue weighted by Crippen LogP contribution is -2.12. The van der Waals surface area contributed by atoms with Crippen LogP contribution >= 0.6 is 0 Å². The summed E-state index contributed by atoms with van der Waals surface area (Å²) in [5.41, 5.74) is 3.56. The first kappa shape index (κ1) is 11.7. The molecular formula is C15H15N3O. The summed E-state index contributed by atoms with van der Waals surface area (Å²) in [7, 11) is 3.86. The van der Waals surface area contributed by atoms with Gasteiger partial charge < -0.3 is 4.90 Å². The van der Waals surface area contributed by atoms with Crippen LogP contribution in [0.25, 0.3) is 16.4 Å². The first-order chi connectivity index (χ1) is 9.13. The van der Waals surface area contributed by atoms with Crippen molar-refractivity contribution in [2.75, 3.05) is 19.0 Å². The number of fused-ring (bicyclic) bond motifs is 3. The molecule has 0 saturated heterocycles. The molecule has 0 bridgehead atoms. The van der Waals surface area contributed by atoms with Gasteiger partial charge in [0.25, 0.3) is 0 Å². The number of nitrogens with zero attached hydrogens (tertiary/aromatic N) is 3. The minimum atomic E-state index is 0.484. The van der Waals surface area contributed by atoms with Crippen LogP contribution in [0, 0.1) is 6.92 Å². The number of rotatable bonds is 2. The molecule has 1 aromatic carbocycles. The average Bonchev–Trinajstić information content (AvgIpc) is 2.78. The number of carbonyl (C=O) groups is 1. The van der Waals surface area contributed by atoms with E-state index >= 15 is 0 Å². The second-order valence-electron chi connectivity index (χ2n) is 4.87. The summed E-state index contributed by atoms with van der Waals surface area (Å²) in [6, 6.07) is 10.2. The van der Waals surface area contributed by atoms with Crippen molar-refractivity contribution in [2.45, 2.75) is 6.92 Å². The number of imidazole rings is 1. The van der Waals surface area contributed by atoms with Crippen molar-refractivity contribution in [1.82, 2.24) is 9.38 Å². The molecule has 0 amide bonds. The Morgan fingerprint density at radius 2 is 1.95 bits per heavy atom. The topological polar surface area (TPSA) is 37.6 Å². The van der Waals surface area contributed by atoms with Crippen LogP contribution in [0.15, 0.2) is 30.3 Å². The molecule has 4 nitrogen and oxygen atoms in total. The van der Waals surface area contributed by atoms with Gasteiger partial charge in [0, 0.05) is 19.5 Å². The Morgan fingerprint density at radius 3 is 2.63 bits per heavy atom. The third-order valence-corrected chi connectivity index (χ3v) is 3.36. The highest BCUT2D eigenvalue weighted by Crippen LogP contribution is 2.27. The van der Waals surface area contributed by atoms with Gasteiger partial charge in [-0.3, -0.25) is 9.20 Å². The molecular weight excluding hydrogens is 238 g/mol. The Kier molecular flexibility index (Phi) is 2.52. The number of anilines is 1. The standard InChI is InChI=1S/C15H15N3O/c1-10-8-14-12(9-19)16-15(17(2)3)18(14)13-7-5-4-6-11(10)13/h4-9H,1-3H3. The predicted octanol–water partition coefficient (Wildman–Crippen LogP) is 2.67. The maximum Gasteiger partial charge on any atom is 0.210 e. The zero-order valence-corrected chi connectivity index (χ0v) is 11.2. The van der Waals surface area contributed by atoms with E-state index < -0.39 is 0 Å². The van der Waals surface area contributed by atoms with Gasteiger partial charge in [-0.15, -0.1) is 0 Å². The maximum absolute atomic E-state index is 11.2. The molecule has 3 aromatic rings. The summed E-state index contributed by atoms with van der Waals surface area (Å²) in [5.74, 6) is 0.772. The minimum absolute atomic E-state index is 0.484. The van der Waals surface area contributed by atoms with Crippen LogP contribution in [0.5, 0.6) is 0 Å². The number of benzene rings is 1. The minimum Gasteiger partial charge on any atom is -0.348 e. The van der Waals surface area contributed by atoms with E-state index in [-0.39, 0.29) is 0 Å². The molecule has 0 aliphatic heterocycles. The summed E-state index contributed by atoms with van der Waals surface area (Å²) in [6.07, 6.45) is 0.816. The van der Waals surface area contributed by atoms with Gasteiger partial charge in [0.1, 0.15) is 5.69 Å². The maximum atomic E-state index is 11.2. The Bertz CT molecular complexity index is 787. The van der Waals surface area contributed by atoms with E-state index in [4.69, 9.17) is 0 Å². The van der Waals surface area contributed by atoms with E-state index in [0.717, 1.165) is 28.8 Å². The van der Waals surface area contributed by atoms with E-state index in [0.29, 0.717) is 5.69 Å². The Hall–Kier alpha value is -2.36. The van der Waals surface area contributed by atoms with Crippen molar-refractivity contribution >= 4 is 28.7 Å². The molecule has 0 aliphatic carbocycles. The molecule has 2 aromatic heterocycles. The van der Waals surface area contributed by atoms with Crippen molar-refractivity contribution in [2.24, 2.45) is 0 Å². The smallest absolute Gasteiger partial charge is 0.210 e. The number of hydrogen-bond acceptors (Lipinski definition) is 3. The Labute approximate surface area is 111 Å². The lowest BCUT2D eigenvalue weighted by Gasteiger charge is -2.13. The van der Waals surface area contributed by atoms with Crippen molar-refractivity contribution in [3.05, 3.63) is 41.6 Å². The predicted molar refractivity (Wildman–Crippen MR) is 77.1 cm³/mol. The van der Waals surface area contributed by atoms with Gasteiger partial charge in [0.05, 0.1) is 11.0 Å². The fourth-order valence-corrected chi connectivity index (χ4v) is 2.48. The highest BCUT2D eigenvalue weighted by Gasteiger charge is 2.15. The van der Waals surface area contributed by atoms with Crippen LogP contribution in [0.3, 0.4) is 0 Å². The lowest BCUT2D eigenvalue weighted by atomic mass is 10.1. The molecule has 3 rings (SSSR count). The first-order valence-corrected chi connectivity index (χ1v) is 6.17. The number of carbonyl (C=O) groups excluding carboxylic acids is 1. The quantitative estimate of drug-likeness (QED) is 0.659. The lowest BCUT2D eigenvalue weighted by molar-refractivity contribution is 0.112. The molecule has 0 fully saturated rings. The summed E-state index contributed by atoms with van der Waals surface area (Å²) >= 11 is 0. The van der Waals surface area contributed by atoms with Gasteiger partial charge in [0.15, 0.2) is 6.29 Å². The summed E-state index contributed by atoms with van der Waals surface area (Å²) in [4.78, 5) is 17.5. The molecule has 4 heteroatoms. The highest BCUT2D eigenvalue weighted by atomic mass is 16.1. The zero-order valence-electron chi connectivity index (χ0n) is 11.2. The molecule has 0 radical (unpaired) electrons. The molecule has 0 N–H and O–H groups in total. The van der Waals surface area contributed by atoms with Crippen molar-refractivity contribution < 1.29 is 4.79 Å². The molecule has 0 saturated carbocycles. The van der Waals surface area contributed by atoms with Gasteiger partial charge in [-0.05, 0) is 24.6 Å². The summed E-state index contributed by atoms with van der Waals surface area (Å²) in [6.45, 7) is 2.05. The number of aldehydes is 1. The van der Waals surface area contributed by atoms with E-state index in [1.165, 1.54) is 5.39 Å². The van der Waals surface area contributed by atoms with Crippen LogP contribution in [-0.2, 0) is 0 Å². The van der Waals surface area contributed by atoms with Gasteiger partial charge in [0.2, 0.25) is 5.95 Å².